The van der Waals surface area contributed by atoms with Gasteiger partial charge in [0.1, 0.15) is 28.9 Å². The number of hydrogen-bond donors (Lipinski definition) is 2. The van der Waals surface area contributed by atoms with Crippen LogP contribution in [0.1, 0.15) is 31.2 Å². The molecule has 2 heterocycles. The molecule has 2 aromatic heterocycles. The number of nitrogens with zero attached hydrogens (tertiary/aromatic N) is 2. The van der Waals surface area contributed by atoms with Crippen LogP contribution in [0.25, 0.3) is 5.65 Å². The molecule has 2 unspecified atom stereocenters. The van der Waals surface area contributed by atoms with Crippen molar-refractivity contribution < 1.29 is 22.7 Å². The summed E-state index contributed by atoms with van der Waals surface area (Å²) in [5, 5.41) is 3.10. The van der Waals surface area contributed by atoms with Crippen LogP contribution >= 0.6 is 12.2 Å². The fraction of sp³-hybridized carbons (Fsp3) is 0.375. The summed E-state index contributed by atoms with van der Waals surface area (Å²) in [5.41, 5.74) is 0.974. The summed E-state index contributed by atoms with van der Waals surface area (Å²) in [6.45, 7) is -0.514. The van der Waals surface area contributed by atoms with Crippen LogP contribution in [0.3, 0.4) is 0 Å². The Kier molecular flexibility index (Phi) is 7.39. The number of esters is 1. The van der Waals surface area contributed by atoms with Crippen LogP contribution in [0.2, 0.25) is 0 Å². The highest BCUT2D eigenvalue weighted by molar-refractivity contribution is 7.89. The third-order valence-electron chi connectivity index (χ3n) is 6.41. The fourth-order valence-corrected chi connectivity index (χ4v) is 6.19. The molecule has 1 aliphatic rings. The summed E-state index contributed by atoms with van der Waals surface area (Å²) in [5.74, 6) is -0.490. The maximum absolute atomic E-state index is 12.9. The minimum atomic E-state index is -3.98. The molecule has 1 aromatic carbocycles. The van der Waals surface area contributed by atoms with E-state index in [1.807, 2.05) is 28.9 Å². The van der Waals surface area contributed by atoms with Crippen molar-refractivity contribution >= 4 is 38.8 Å². The van der Waals surface area contributed by atoms with Crippen molar-refractivity contribution in [2.45, 2.75) is 42.1 Å². The lowest BCUT2D eigenvalue weighted by Crippen LogP contribution is -2.54. The van der Waals surface area contributed by atoms with E-state index < -0.39 is 34.1 Å². The minimum Gasteiger partial charge on any atom is -0.495 e. The number of fused-ring (bicyclic) bond motifs is 1. The van der Waals surface area contributed by atoms with Gasteiger partial charge in [0.2, 0.25) is 10.0 Å². The van der Waals surface area contributed by atoms with Crippen LogP contribution in [-0.4, -0.2) is 55.6 Å². The van der Waals surface area contributed by atoms with Gasteiger partial charge in [0, 0.05) is 25.6 Å². The number of aromatic nitrogens is 2. The second-order valence-electron chi connectivity index (χ2n) is 8.36. The van der Waals surface area contributed by atoms with Gasteiger partial charge in [-0.05, 0) is 43.0 Å². The zero-order valence-electron chi connectivity index (χ0n) is 19.6. The molecule has 2 N–H and O–H groups in total. The predicted molar refractivity (Wildman–Crippen MR) is 135 cm³/mol. The van der Waals surface area contributed by atoms with Gasteiger partial charge in [-0.1, -0.05) is 36.8 Å². The van der Waals surface area contributed by atoms with Gasteiger partial charge in [-0.2, -0.15) is 4.72 Å². The number of methoxy groups -OCH3 is 1. The largest absolute Gasteiger partial charge is 0.495 e. The van der Waals surface area contributed by atoms with Gasteiger partial charge in [-0.3, -0.25) is 4.79 Å². The fourth-order valence-electron chi connectivity index (χ4n) is 4.70. The van der Waals surface area contributed by atoms with E-state index in [4.69, 9.17) is 21.7 Å². The molecule has 3 aromatic rings. The van der Waals surface area contributed by atoms with Crippen LogP contribution in [-0.2, 0) is 25.0 Å². The van der Waals surface area contributed by atoms with Crippen molar-refractivity contribution in [2.24, 2.45) is 0 Å². The van der Waals surface area contributed by atoms with Gasteiger partial charge in [0.05, 0.1) is 17.5 Å². The summed E-state index contributed by atoms with van der Waals surface area (Å²) in [4.78, 5) is 17.7. The van der Waals surface area contributed by atoms with E-state index in [2.05, 4.69) is 15.0 Å². The maximum atomic E-state index is 12.9. The SMILES string of the molecule is CNC(=S)C1(c2ccc3nccn3c2)CCCCC1OC(=O)CNS(=O)(=O)c1ccccc1OC. The molecule has 11 heteroatoms. The number of nitrogens with one attached hydrogen (secondary N) is 2. The van der Waals surface area contributed by atoms with Crippen LogP contribution in [0.15, 0.2) is 59.9 Å². The molecule has 2 atom stereocenters. The summed E-state index contributed by atoms with van der Waals surface area (Å²) in [6.07, 6.45) is 8.06. The molecule has 0 saturated heterocycles. The van der Waals surface area contributed by atoms with E-state index in [1.165, 1.54) is 13.2 Å². The Bertz CT molecular complexity index is 1340. The lowest BCUT2D eigenvalue weighted by molar-refractivity contribution is -0.151. The number of thiocarbonyl (C=S) groups is 1. The minimum absolute atomic E-state index is 0.0488. The van der Waals surface area contributed by atoms with Gasteiger partial charge in [0.15, 0.2) is 0 Å². The first kappa shape index (κ1) is 25.1. The zero-order chi connectivity index (χ0) is 25.1. The number of carbonyl (C=O) groups is 1. The van der Waals surface area contributed by atoms with Gasteiger partial charge in [0.25, 0.3) is 0 Å². The molecule has 9 nitrogen and oxygen atoms in total. The second kappa shape index (κ2) is 10.3. The van der Waals surface area contributed by atoms with Gasteiger partial charge in [-0.15, -0.1) is 0 Å². The highest BCUT2D eigenvalue weighted by Gasteiger charge is 2.48. The van der Waals surface area contributed by atoms with Crippen molar-refractivity contribution in [3.63, 3.8) is 0 Å². The lowest BCUT2D eigenvalue weighted by Gasteiger charge is -2.44. The predicted octanol–water partition coefficient (Wildman–Crippen LogP) is 2.59. The monoisotopic (exact) mass is 516 g/mol. The smallest absolute Gasteiger partial charge is 0.321 e. The van der Waals surface area contributed by atoms with E-state index in [1.54, 1.807) is 31.4 Å². The van der Waals surface area contributed by atoms with Crippen LogP contribution < -0.4 is 14.8 Å². The van der Waals surface area contributed by atoms with E-state index in [0.717, 1.165) is 24.1 Å². The Balaban J connectivity index is 1.57. The van der Waals surface area contributed by atoms with Crippen molar-refractivity contribution in [3.05, 3.63) is 60.6 Å². The van der Waals surface area contributed by atoms with Crippen LogP contribution in [0.5, 0.6) is 5.75 Å². The van der Waals surface area contributed by atoms with Crippen LogP contribution in [0, 0.1) is 0 Å². The summed E-state index contributed by atoms with van der Waals surface area (Å²) in [7, 11) is -0.838. The first-order valence-corrected chi connectivity index (χ1v) is 13.2. The Hall–Kier alpha value is -3.02. The molecule has 35 heavy (non-hydrogen) atoms. The van der Waals surface area contributed by atoms with Crippen molar-refractivity contribution in [1.82, 2.24) is 19.4 Å². The third-order valence-corrected chi connectivity index (χ3v) is 8.42. The molecule has 0 aliphatic heterocycles. The van der Waals surface area contributed by atoms with Gasteiger partial charge >= 0.3 is 5.97 Å². The Morgan fingerprint density at radius 1 is 1.26 bits per heavy atom. The molecular formula is C24H28N4O5S2. The summed E-state index contributed by atoms with van der Waals surface area (Å²) < 4.78 is 40.8. The molecule has 0 bridgehead atoms. The molecule has 0 amide bonds. The normalized spacial score (nSPS) is 20.3. The second-order valence-corrected chi connectivity index (χ2v) is 10.5. The number of pyridine rings is 1. The van der Waals surface area contributed by atoms with Crippen molar-refractivity contribution in [3.8, 4) is 5.75 Å². The highest BCUT2D eigenvalue weighted by Crippen LogP contribution is 2.42. The van der Waals surface area contributed by atoms with Crippen LogP contribution in [0.4, 0.5) is 0 Å². The molecule has 1 fully saturated rings. The van der Waals surface area contributed by atoms with Gasteiger partial charge in [-0.25, -0.2) is 13.4 Å². The van der Waals surface area contributed by atoms with E-state index in [0.29, 0.717) is 17.8 Å². The number of para-hydroxylation sites is 1. The first-order chi connectivity index (χ1) is 16.8. The Labute approximate surface area is 209 Å². The summed E-state index contributed by atoms with van der Waals surface area (Å²) in [6, 6.07) is 10.1. The van der Waals surface area contributed by atoms with E-state index in [9.17, 15) is 13.2 Å². The number of sulfonamides is 1. The molecule has 4 rings (SSSR count). The highest BCUT2D eigenvalue weighted by atomic mass is 32.2. The van der Waals surface area contributed by atoms with E-state index in [-0.39, 0.29) is 10.6 Å². The quantitative estimate of drug-likeness (QED) is 0.347. The number of carbonyl (C=O) groups excluding carboxylic acids is 1. The van der Waals surface area contributed by atoms with E-state index >= 15 is 0 Å². The van der Waals surface area contributed by atoms with Gasteiger partial charge < -0.3 is 19.2 Å². The molecule has 186 valence electrons. The maximum Gasteiger partial charge on any atom is 0.321 e. The number of ether oxygens (including phenoxy) is 2. The molecular weight excluding hydrogens is 488 g/mol. The zero-order valence-corrected chi connectivity index (χ0v) is 21.2. The average molecular weight is 517 g/mol. The number of likely N-dealkylation sites (N-methyl/N-ethyl adjacent to an activating group) is 1. The summed E-state index contributed by atoms with van der Waals surface area (Å²) >= 11 is 5.76. The molecule has 0 radical (unpaired) electrons. The lowest BCUT2D eigenvalue weighted by atomic mass is 9.67. The van der Waals surface area contributed by atoms with Crippen molar-refractivity contribution in [2.75, 3.05) is 20.7 Å². The Morgan fingerprint density at radius 3 is 2.83 bits per heavy atom. The Morgan fingerprint density at radius 2 is 2.06 bits per heavy atom. The molecule has 1 aliphatic carbocycles. The first-order valence-electron chi connectivity index (χ1n) is 11.3. The van der Waals surface area contributed by atoms with Crippen molar-refractivity contribution in [1.29, 1.82) is 0 Å². The topological polar surface area (TPSA) is 111 Å². The average Bonchev–Trinajstić information content (AvgIpc) is 3.35. The number of rotatable bonds is 8. The number of hydrogen-bond acceptors (Lipinski definition) is 7. The third kappa shape index (κ3) is 4.89. The molecule has 0 spiro atoms. The molecule has 1 saturated carbocycles. The number of benzene rings is 1. The number of imidazole rings is 1. The standard InChI is InChI=1S/C24H28N4O5S2/c1-25-23(34)24(17-10-11-21-26-13-14-28(21)16-17)12-6-5-9-20(24)33-22(29)15-27-35(30,31)19-8-4-3-7-18(19)32-2/h3-4,7-8,10-11,13-14,16,20,27H,5-6,9,12,15H2,1-2H3,(H,25,34).